The minimum atomic E-state index is -5.16. The van der Waals surface area contributed by atoms with E-state index in [1.807, 2.05) is 32.0 Å². The van der Waals surface area contributed by atoms with Crippen LogP contribution in [0.25, 0.3) is 11.1 Å². The first kappa shape index (κ1) is 36.4. The lowest BCUT2D eigenvalue weighted by atomic mass is 9.90. The van der Waals surface area contributed by atoms with Gasteiger partial charge >= 0.3 is 12.1 Å². The fraction of sp³-hybridized carbons (Fsp3) is 0.441. The lowest BCUT2D eigenvalue weighted by molar-refractivity contribution is -0.141. The van der Waals surface area contributed by atoms with Crippen molar-refractivity contribution in [1.82, 2.24) is 14.8 Å². The molecule has 2 N–H and O–H groups in total. The van der Waals surface area contributed by atoms with E-state index in [0.717, 1.165) is 22.9 Å². The highest BCUT2D eigenvalue weighted by molar-refractivity contribution is 5.82. The molecule has 12 heteroatoms. The van der Waals surface area contributed by atoms with Crippen molar-refractivity contribution in [2.45, 2.75) is 72.1 Å². The Morgan fingerprint density at radius 1 is 1.00 bits per heavy atom. The third-order valence-corrected chi connectivity index (χ3v) is 7.83. The summed E-state index contributed by atoms with van der Waals surface area (Å²) in [5.41, 5.74) is -0.576. The van der Waals surface area contributed by atoms with Crippen LogP contribution in [0.5, 0.6) is 0 Å². The molecule has 2 aromatic carbocycles. The Balaban J connectivity index is 2.18. The highest BCUT2D eigenvalue weighted by Gasteiger charge is 2.40. The molecule has 0 spiro atoms. The molecule has 0 aliphatic rings. The van der Waals surface area contributed by atoms with E-state index >= 15 is 8.78 Å². The molecule has 1 heterocycles. The first-order valence-corrected chi connectivity index (χ1v) is 14.9. The summed E-state index contributed by atoms with van der Waals surface area (Å²) in [5, 5.41) is 12.3. The molecule has 0 bridgehead atoms. The van der Waals surface area contributed by atoms with Gasteiger partial charge in [0.1, 0.15) is 17.4 Å². The molecule has 0 aliphatic heterocycles. The zero-order valence-electron chi connectivity index (χ0n) is 27.0. The number of nitrogens with one attached hydrogen (secondary N) is 1. The maximum absolute atomic E-state index is 15.7. The van der Waals surface area contributed by atoms with Crippen molar-refractivity contribution >= 4 is 11.9 Å². The van der Waals surface area contributed by atoms with Gasteiger partial charge in [0, 0.05) is 18.3 Å². The van der Waals surface area contributed by atoms with Crippen LogP contribution >= 0.6 is 0 Å². The molecule has 0 aliphatic carbocycles. The maximum atomic E-state index is 15.7. The molecule has 7 nitrogen and oxygen atoms in total. The summed E-state index contributed by atoms with van der Waals surface area (Å²) in [5.74, 6) is -5.40. The van der Waals surface area contributed by atoms with Crippen molar-refractivity contribution < 1.29 is 36.6 Å². The number of rotatable bonds is 12. The molecule has 1 amide bonds. The van der Waals surface area contributed by atoms with E-state index in [2.05, 4.69) is 5.32 Å². The molecule has 2 unspecified atom stereocenters. The van der Waals surface area contributed by atoms with E-state index in [-0.39, 0.29) is 36.4 Å². The summed E-state index contributed by atoms with van der Waals surface area (Å²) in [7, 11) is 3.24. The minimum Gasteiger partial charge on any atom is -0.481 e. The number of pyridine rings is 1. The van der Waals surface area contributed by atoms with Gasteiger partial charge < -0.3 is 19.9 Å². The number of nitrogens with zero attached hydrogens (tertiary/aromatic N) is 2. The zero-order valence-corrected chi connectivity index (χ0v) is 27.0. The van der Waals surface area contributed by atoms with E-state index < -0.39 is 64.9 Å². The number of halogens is 5. The van der Waals surface area contributed by atoms with Gasteiger partial charge in [-0.05, 0) is 99.1 Å². The molecule has 0 radical (unpaired) electrons. The van der Waals surface area contributed by atoms with Crippen LogP contribution in [0.1, 0.15) is 72.2 Å². The van der Waals surface area contributed by atoms with Gasteiger partial charge in [-0.2, -0.15) is 13.2 Å². The lowest BCUT2D eigenvalue weighted by Crippen LogP contribution is -2.42. The third-order valence-electron chi connectivity index (χ3n) is 7.83. The average molecular weight is 650 g/mol. The third kappa shape index (κ3) is 8.39. The van der Waals surface area contributed by atoms with Crippen molar-refractivity contribution in [3.63, 3.8) is 0 Å². The Hall–Kier alpha value is -4.06. The second-order valence-corrected chi connectivity index (χ2v) is 12.4. The number of carbonyl (C=O) groups excluding carboxylic acids is 1. The molecule has 0 saturated heterocycles. The van der Waals surface area contributed by atoms with Gasteiger partial charge in [0.05, 0.1) is 12.5 Å². The second kappa shape index (κ2) is 14.6. The molecule has 3 rings (SSSR count). The fourth-order valence-electron chi connectivity index (χ4n) is 5.66. The summed E-state index contributed by atoms with van der Waals surface area (Å²) < 4.78 is 73.3. The van der Waals surface area contributed by atoms with E-state index in [9.17, 15) is 32.7 Å². The molecule has 3 aromatic rings. The number of benzene rings is 2. The second-order valence-electron chi connectivity index (χ2n) is 12.4. The van der Waals surface area contributed by atoms with Gasteiger partial charge in [-0.15, -0.1) is 0 Å². The standard InChI is InChI=1S/C34H40F5N3O4/c1-18(2)13-26(42-17-22(11-12-41(6)7)29(34(37,38)39)31(36)33(42)46)32(45)40-25(16-27(43)44)24-15-23(14-21(5)30(24)35)28-19(3)9-8-10-20(28)4/h8-10,14-15,17-18,25-26H,11-13,16H2,1-7H3,(H,40,45)(H,43,44). The monoisotopic (exact) mass is 649 g/mol. The van der Waals surface area contributed by atoms with Crippen LogP contribution in [0, 0.1) is 38.3 Å². The molecular weight excluding hydrogens is 609 g/mol. The van der Waals surface area contributed by atoms with Gasteiger partial charge in [-0.3, -0.25) is 14.4 Å². The molecular formula is C34H40F5N3O4. The van der Waals surface area contributed by atoms with Crippen molar-refractivity contribution in [2.75, 3.05) is 20.6 Å². The number of aryl methyl sites for hydroxylation is 3. The highest BCUT2D eigenvalue weighted by Crippen LogP contribution is 2.35. The molecule has 1 aromatic heterocycles. The minimum absolute atomic E-state index is 0.0950. The Bertz CT molecular complexity index is 1640. The van der Waals surface area contributed by atoms with Crippen molar-refractivity contribution in [2.24, 2.45) is 5.92 Å². The Labute approximate surface area is 265 Å². The van der Waals surface area contributed by atoms with E-state index in [4.69, 9.17) is 0 Å². The Morgan fingerprint density at radius 2 is 1.61 bits per heavy atom. The van der Waals surface area contributed by atoms with Crippen LogP contribution in [0.3, 0.4) is 0 Å². The van der Waals surface area contributed by atoms with Gasteiger partial charge in [0.15, 0.2) is 0 Å². The normalized spacial score (nSPS) is 13.3. The smallest absolute Gasteiger partial charge is 0.419 e. The summed E-state index contributed by atoms with van der Waals surface area (Å²) in [4.78, 5) is 40.5. The predicted octanol–water partition coefficient (Wildman–Crippen LogP) is 6.76. The largest absolute Gasteiger partial charge is 0.481 e. The Kier molecular flexibility index (Phi) is 11.5. The number of likely N-dealkylation sites (N-methyl/N-ethyl adjacent to an activating group) is 1. The van der Waals surface area contributed by atoms with Crippen LogP contribution in [-0.2, 0) is 22.2 Å². The quantitative estimate of drug-likeness (QED) is 0.212. The summed E-state index contributed by atoms with van der Waals surface area (Å²) >= 11 is 0. The number of carbonyl (C=O) groups is 2. The SMILES string of the molecule is Cc1cc(-c2c(C)cccc2C)cc(C(CC(=O)O)NC(=O)C(CC(C)C)n2cc(CCN(C)C)c(C(F)(F)F)c(F)c2=O)c1F. The number of hydrogen-bond acceptors (Lipinski definition) is 4. The van der Waals surface area contributed by atoms with Crippen LogP contribution in [-0.4, -0.2) is 47.1 Å². The number of hydrogen-bond donors (Lipinski definition) is 2. The lowest BCUT2D eigenvalue weighted by Gasteiger charge is -2.27. The van der Waals surface area contributed by atoms with Crippen LogP contribution in [0.15, 0.2) is 41.3 Å². The first-order chi connectivity index (χ1) is 21.3. The molecule has 0 saturated carbocycles. The maximum Gasteiger partial charge on any atom is 0.419 e. The average Bonchev–Trinajstić information content (AvgIpc) is 2.92. The van der Waals surface area contributed by atoms with Gasteiger partial charge in [-0.25, -0.2) is 8.78 Å². The van der Waals surface area contributed by atoms with Gasteiger partial charge in [0.25, 0.3) is 5.56 Å². The number of aliphatic carboxylic acids is 1. The molecule has 2 atom stereocenters. The van der Waals surface area contributed by atoms with Gasteiger partial charge in [0.2, 0.25) is 11.7 Å². The zero-order chi connectivity index (χ0) is 34.7. The number of carboxylic acid groups (broad SMARTS) is 1. The van der Waals surface area contributed by atoms with E-state index in [0.29, 0.717) is 10.1 Å². The summed E-state index contributed by atoms with van der Waals surface area (Å²) in [6, 6.07) is 5.76. The predicted molar refractivity (Wildman–Crippen MR) is 166 cm³/mol. The van der Waals surface area contributed by atoms with Crippen LogP contribution in [0.4, 0.5) is 22.0 Å². The first-order valence-electron chi connectivity index (χ1n) is 14.9. The fourth-order valence-corrected chi connectivity index (χ4v) is 5.66. The van der Waals surface area contributed by atoms with Crippen molar-refractivity contribution in [1.29, 1.82) is 0 Å². The van der Waals surface area contributed by atoms with Gasteiger partial charge in [-0.1, -0.05) is 32.0 Å². The summed E-state index contributed by atoms with van der Waals surface area (Å²) in [6.07, 6.45) is -5.43. The van der Waals surface area contributed by atoms with Crippen molar-refractivity contribution in [3.05, 3.63) is 91.9 Å². The number of carboxylic acids is 1. The van der Waals surface area contributed by atoms with Crippen molar-refractivity contribution in [3.8, 4) is 11.1 Å². The molecule has 0 fully saturated rings. The highest BCUT2D eigenvalue weighted by atomic mass is 19.4. The van der Waals surface area contributed by atoms with Crippen LogP contribution < -0.4 is 10.9 Å². The van der Waals surface area contributed by atoms with E-state index in [1.54, 1.807) is 38.9 Å². The Morgan fingerprint density at radius 3 is 2.13 bits per heavy atom. The number of alkyl halides is 3. The molecule has 46 heavy (non-hydrogen) atoms. The number of amides is 1. The van der Waals surface area contributed by atoms with E-state index in [1.165, 1.54) is 13.0 Å². The molecule has 250 valence electrons. The topological polar surface area (TPSA) is 91.6 Å². The van der Waals surface area contributed by atoms with Crippen LogP contribution in [0.2, 0.25) is 0 Å². The summed E-state index contributed by atoms with van der Waals surface area (Å²) in [6.45, 7) is 8.76. The number of aromatic nitrogens is 1.